The molecule has 4 aromatic rings. The molecular formula is C29H33FN6OS. The van der Waals surface area contributed by atoms with E-state index in [1.54, 1.807) is 7.11 Å². The van der Waals surface area contributed by atoms with Crippen molar-refractivity contribution in [2.75, 3.05) is 43.9 Å². The second-order valence-corrected chi connectivity index (χ2v) is 9.91. The number of rotatable bonds is 9. The molecule has 0 bridgehead atoms. The summed E-state index contributed by atoms with van der Waals surface area (Å²) in [5, 5.41) is 10.8. The van der Waals surface area contributed by atoms with E-state index in [2.05, 4.69) is 31.5 Å². The molecule has 0 amide bonds. The van der Waals surface area contributed by atoms with Crippen molar-refractivity contribution in [1.29, 1.82) is 0 Å². The maximum Gasteiger partial charge on any atom is 0.204 e. The van der Waals surface area contributed by atoms with Gasteiger partial charge in [-0.25, -0.2) is 9.37 Å². The summed E-state index contributed by atoms with van der Waals surface area (Å²) in [7, 11) is 1.65. The molecule has 1 fully saturated rings. The highest BCUT2D eigenvalue weighted by Crippen LogP contribution is 2.24. The number of aromatic nitrogens is 2. The number of anilines is 2. The number of imidazole rings is 1. The Hall–Kier alpha value is -3.69. The lowest BCUT2D eigenvalue weighted by Crippen LogP contribution is -2.43. The minimum absolute atomic E-state index is 0.222. The largest absolute Gasteiger partial charge is 0.497 e. The number of methoxy groups -OCH3 is 1. The van der Waals surface area contributed by atoms with Crippen LogP contribution in [0.4, 0.5) is 16.0 Å². The molecule has 7 nitrogen and oxygen atoms in total. The van der Waals surface area contributed by atoms with Gasteiger partial charge in [-0.15, -0.1) is 0 Å². The molecule has 0 aliphatic carbocycles. The first-order valence-electron chi connectivity index (χ1n) is 12.9. The zero-order valence-corrected chi connectivity index (χ0v) is 22.3. The fraction of sp³-hybridized carbons (Fsp3) is 0.310. The fourth-order valence-corrected chi connectivity index (χ4v) is 5.00. The topological polar surface area (TPSA) is 66.4 Å². The average Bonchev–Trinajstić information content (AvgIpc) is 3.28. The lowest BCUT2D eigenvalue weighted by Gasteiger charge is -2.32. The van der Waals surface area contributed by atoms with Gasteiger partial charge in [-0.3, -0.25) is 0 Å². The third-order valence-corrected chi connectivity index (χ3v) is 7.14. The van der Waals surface area contributed by atoms with Crippen LogP contribution in [0.2, 0.25) is 0 Å². The Labute approximate surface area is 228 Å². The summed E-state index contributed by atoms with van der Waals surface area (Å²) < 4.78 is 20.8. The van der Waals surface area contributed by atoms with Gasteiger partial charge in [0.1, 0.15) is 11.6 Å². The normalized spacial score (nSPS) is 14.4. The molecule has 1 aliphatic rings. The van der Waals surface area contributed by atoms with E-state index < -0.39 is 0 Å². The number of hydrogen-bond donors (Lipinski definition) is 3. The van der Waals surface area contributed by atoms with Gasteiger partial charge in [0.05, 0.1) is 24.7 Å². The van der Waals surface area contributed by atoms with Gasteiger partial charge in [-0.05, 0) is 79.2 Å². The molecule has 198 valence electrons. The molecule has 0 unspecified atom stereocenters. The lowest BCUT2D eigenvalue weighted by molar-refractivity contribution is 0.222. The lowest BCUT2D eigenvalue weighted by atomic mass is 10.1. The smallest absolute Gasteiger partial charge is 0.204 e. The average molecular weight is 533 g/mol. The maximum absolute atomic E-state index is 13.4. The van der Waals surface area contributed by atoms with Crippen LogP contribution in [-0.4, -0.2) is 58.9 Å². The van der Waals surface area contributed by atoms with Crippen molar-refractivity contribution >= 4 is 40.0 Å². The molecular weight excluding hydrogens is 499 g/mol. The molecule has 2 heterocycles. The molecule has 0 radical (unpaired) electrons. The van der Waals surface area contributed by atoms with Crippen LogP contribution in [0.3, 0.4) is 0 Å². The van der Waals surface area contributed by atoms with Gasteiger partial charge >= 0.3 is 0 Å². The van der Waals surface area contributed by atoms with Gasteiger partial charge in [0.25, 0.3) is 0 Å². The van der Waals surface area contributed by atoms with Crippen molar-refractivity contribution in [3.63, 3.8) is 0 Å². The minimum atomic E-state index is -0.222. The molecule has 0 atom stereocenters. The Balaban J connectivity index is 1.11. The minimum Gasteiger partial charge on any atom is -0.497 e. The number of ether oxygens (including phenoxy) is 1. The number of likely N-dealkylation sites (tertiary alicyclic amines) is 1. The van der Waals surface area contributed by atoms with Crippen LogP contribution in [-0.2, 0) is 6.54 Å². The fourth-order valence-electron chi connectivity index (χ4n) is 4.78. The molecule has 3 N–H and O–H groups in total. The third kappa shape index (κ3) is 6.59. The van der Waals surface area contributed by atoms with Crippen molar-refractivity contribution in [2.45, 2.75) is 25.4 Å². The van der Waals surface area contributed by atoms with Crippen LogP contribution >= 0.6 is 12.2 Å². The summed E-state index contributed by atoms with van der Waals surface area (Å²) in [5.74, 6) is 1.46. The van der Waals surface area contributed by atoms with Crippen LogP contribution in [0.25, 0.3) is 11.0 Å². The monoisotopic (exact) mass is 532 g/mol. The van der Waals surface area contributed by atoms with Crippen molar-refractivity contribution in [3.05, 3.63) is 84.2 Å². The van der Waals surface area contributed by atoms with E-state index in [-0.39, 0.29) is 5.82 Å². The second-order valence-electron chi connectivity index (χ2n) is 9.51. The van der Waals surface area contributed by atoms with Gasteiger partial charge in [0, 0.05) is 37.9 Å². The number of nitrogens with one attached hydrogen (secondary N) is 3. The molecule has 9 heteroatoms. The Morgan fingerprint density at radius 3 is 2.50 bits per heavy atom. The van der Waals surface area contributed by atoms with E-state index in [0.29, 0.717) is 17.7 Å². The van der Waals surface area contributed by atoms with Gasteiger partial charge < -0.3 is 30.2 Å². The third-order valence-electron chi connectivity index (χ3n) is 6.89. The molecule has 38 heavy (non-hydrogen) atoms. The molecule has 1 saturated heterocycles. The van der Waals surface area contributed by atoms with E-state index in [9.17, 15) is 4.39 Å². The van der Waals surface area contributed by atoms with Crippen LogP contribution < -0.4 is 20.7 Å². The molecule has 1 aliphatic heterocycles. The summed E-state index contributed by atoms with van der Waals surface area (Å²) in [6.45, 7) is 4.37. The number of halogens is 1. The second kappa shape index (κ2) is 12.2. The quantitative estimate of drug-likeness (QED) is 0.259. The SMILES string of the molecule is COc1ccc(NC(=S)NCCN2CCC(Nc3nc4ccccc4n3Cc3ccc(F)cc3)CC2)cc1. The molecule has 1 aromatic heterocycles. The first-order chi connectivity index (χ1) is 18.6. The van der Waals surface area contributed by atoms with Gasteiger partial charge in [-0.1, -0.05) is 24.3 Å². The predicted molar refractivity (Wildman–Crippen MR) is 156 cm³/mol. The molecule has 3 aromatic carbocycles. The molecule has 0 spiro atoms. The van der Waals surface area contributed by atoms with Crippen LogP contribution in [0.5, 0.6) is 5.75 Å². The summed E-state index contributed by atoms with van der Waals surface area (Å²) in [5.41, 5.74) is 4.00. The number of thiocarbonyl (C=S) groups is 1. The standard InChI is InChI=1S/C29H33FN6OS/c1-37-25-12-10-23(11-13-25)33-29(38)31-16-19-35-17-14-24(15-18-35)32-28-34-26-4-2-3-5-27(26)36(28)20-21-6-8-22(30)9-7-21/h2-13,24H,14-20H2,1H3,(H,32,34)(H2,31,33,38). The van der Waals surface area contributed by atoms with E-state index in [1.807, 2.05) is 54.6 Å². The number of fused-ring (bicyclic) bond motifs is 1. The highest BCUT2D eigenvalue weighted by atomic mass is 32.1. The maximum atomic E-state index is 13.4. The van der Waals surface area contributed by atoms with Crippen molar-refractivity contribution in [2.24, 2.45) is 0 Å². The first-order valence-corrected chi connectivity index (χ1v) is 13.4. The summed E-state index contributed by atoms with van der Waals surface area (Å²) in [4.78, 5) is 7.34. The highest BCUT2D eigenvalue weighted by Gasteiger charge is 2.21. The number of piperidine rings is 1. The predicted octanol–water partition coefficient (Wildman–Crippen LogP) is 5.10. The number of hydrogen-bond acceptors (Lipinski definition) is 5. The van der Waals surface area contributed by atoms with E-state index in [0.717, 1.165) is 73.0 Å². The first kappa shape index (κ1) is 25.9. The van der Waals surface area contributed by atoms with Gasteiger partial charge in [-0.2, -0.15) is 0 Å². The van der Waals surface area contributed by atoms with Crippen LogP contribution in [0.15, 0.2) is 72.8 Å². The van der Waals surface area contributed by atoms with Crippen molar-refractivity contribution < 1.29 is 9.13 Å². The zero-order chi connectivity index (χ0) is 26.3. The molecule has 0 saturated carbocycles. The van der Waals surface area contributed by atoms with Crippen molar-refractivity contribution in [3.8, 4) is 5.75 Å². The number of benzene rings is 3. The van der Waals surface area contributed by atoms with Crippen LogP contribution in [0.1, 0.15) is 18.4 Å². The summed E-state index contributed by atoms with van der Waals surface area (Å²) in [6, 6.07) is 22.9. The Kier molecular flexibility index (Phi) is 8.35. The Morgan fingerprint density at radius 2 is 1.76 bits per heavy atom. The Bertz CT molecular complexity index is 1350. The molecule has 5 rings (SSSR count). The summed E-state index contributed by atoms with van der Waals surface area (Å²) in [6.07, 6.45) is 2.07. The van der Waals surface area contributed by atoms with E-state index in [1.165, 1.54) is 12.1 Å². The van der Waals surface area contributed by atoms with E-state index >= 15 is 0 Å². The summed E-state index contributed by atoms with van der Waals surface area (Å²) >= 11 is 5.44. The number of nitrogens with zero attached hydrogens (tertiary/aromatic N) is 3. The van der Waals surface area contributed by atoms with Crippen molar-refractivity contribution in [1.82, 2.24) is 19.8 Å². The van der Waals surface area contributed by atoms with Crippen LogP contribution in [0, 0.1) is 5.82 Å². The zero-order valence-electron chi connectivity index (χ0n) is 21.5. The number of para-hydroxylation sites is 2. The van der Waals surface area contributed by atoms with Gasteiger partial charge in [0.2, 0.25) is 5.95 Å². The Morgan fingerprint density at radius 1 is 1.03 bits per heavy atom. The van der Waals surface area contributed by atoms with Gasteiger partial charge in [0.15, 0.2) is 5.11 Å². The van der Waals surface area contributed by atoms with E-state index in [4.69, 9.17) is 21.9 Å². The highest BCUT2D eigenvalue weighted by molar-refractivity contribution is 7.80.